The number of benzene rings is 4. The molecule has 5 aromatic rings. The van der Waals surface area contributed by atoms with Gasteiger partial charge in [0.25, 0.3) is 5.91 Å². The predicted octanol–water partition coefficient (Wildman–Crippen LogP) is 6.31. The van der Waals surface area contributed by atoms with E-state index < -0.39 is 0 Å². The molecule has 28 heavy (non-hydrogen) atoms. The number of rotatable bonds is 2. The third kappa shape index (κ3) is 2.74. The Morgan fingerprint density at radius 3 is 2.43 bits per heavy atom. The summed E-state index contributed by atoms with van der Waals surface area (Å²) >= 11 is 3.51. The Kier molecular flexibility index (Phi) is 4.06. The third-order valence-electron chi connectivity index (χ3n) is 4.87. The minimum Gasteiger partial charge on any atom is -0.268 e. The van der Waals surface area contributed by atoms with Gasteiger partial charge in [0.05, 0.1) is 11.0 Å². The summed E-state index contributed by atoms with van der Waals surface area (Å²) in [6.45, 7) is 0. The highest BCUT2D eigenvalue weighted by Crippen LogP contribution is 2.32. The van der Waals surface area contributed by atoms with Gasteiger partial charge in [-0.2, -0.15) is 0 Å². The van der Waals surface area contributed by atoms with Gasteiger partial charge in [-0.25, -0.2) is 4.98 Å². The second kappa shape index (κ2) is 6.73. The highest BCUT2D eigenvalue weighted by atomic mass is 79.9. The summed E-state index contributed by atoms with van der Waals surface area (Å²) in [5.41, 5.74) is 3.14. The molecular weight excluding hydrogens is 412 g/mol. The summed E-state index contributed by atoms with van der Waals surface area (Å²) in [5.74, 6) is 0.562. The fourth-order valence-corrected chi connectivity index (χ4v) is 3.92. The number of carbonyl (C=O) groups is 1. The Morgan fingerprint density at radius 2 is 1.57 bits per heavy atom. The van der Waals surface area contributed by atoms with Crippen LogP contribution in [0, 0.1) is 0 Å². The van der Waals surface area contributed by atoms with Gasteiger partial charge in [-0.15, -0.1) is 0 Å². The van der Waals surface area contributed by atoms with Crippen LogP contribution in [0.1, 0.15) is 10.4 Å². The number of aromatic nitrogens is 2. The second-order valence-electron chi connectivity index (χ2n) is 6.60. The Morgan fingerprint density at radius 1 is 0.821 bits per heavy atom. The lowest BCUT2D eigenvalue weighted by atomic mass is 10.0. The van der Waals surface area contributed by atoms with Crippen molar-refractivity contribution < 1.29 is 4.79 Å². The molecule has 1 aromatic heterocycles. The largest absolute Gasteiger partial charge is 0.268 e. The first-order valence-electron chi connectivity index (χ1n) is 8.98. The van der Waals surface area contributed by atoms with Gasteiger partial charge in [0.1, 0.15) is 5.82 Å². The standard InChI is InChI=1S/C24H15BrN2O/c25-18-13-14-22-21(15-18)26-23(27(22)24(28)17-8-2-1-3-9-17)20-12-6-10-16-7-4-5-11-19(16)20/h1-15H. The van der Waals surface area contributed by atoms with Crippen molar-refractivity contribution in [1.82, 2.24) is 9.55 Å². The average Bonchev–Trinajstić information content (AvgIpc) is 3.11. The van der Waals surface area contributed by atoms with E-state index in [0.29, 0.717) is 11.4 Å². The van der Waals surface area contributed by atoms with Gasteiger partial charge in [-0.1, -0.05) is 76.6 Å². The first-order chi connectivity index (χ1) is 13.7. The molecule has 0 aliphatic heterocycles. The summed E-state index contributed by atoms with van der Waals surface area (Å²) < 4.78 is 2.65. The van der Waals surface area contributed by atoms with Crippen LogP contribution in [0.3, 0.4) is 0 Å². The maximum atomic E-state index is 13.4. The van der Waals surface area contributed by atoms with Crippen molar-refractivity contribution in [3.05, 3.63) is 101 Å². The van der Waals surface area contributed by atoms with Crippen LogP contribution in [-0.2, 0) is 0 Å². The molecule has 0 bridgehead atoms. The number of imidazole rings is 1. The molecular formula is C24H15BrN2O. The second-order valence-corrected chi connectivity index (χ2v) is 7.52. The molecule has 4 heteroatoms. The van der Waals surface area contributed by atoms with E-state index in [4.69, 9.17) is 4.98 Å². The van der Waals surface area contributed by atoms with Gasteiger partial charge in [0.2, 0.25) is 0 Å². The van der Waals surface area contributed by atoms with Gasteiger partial charge in [-0.05, 0) is 41.1 Å². The maximum Gasteiger partial charge on any atom is 0.264 e. The number of nitrogens with zero attached hydrogens (tertiary/aromatic N) is 2. The fraction of sp³-hybridized carbons (Fsp3) is 0. The van der Waals surface area contributed by atoms with Gasteiger partial charge in [0, 0.05) is 15.6 Å². The number of hydrogen-bond acceptors (Lipinski definition) is 2. The molecule has 0 fully saturated rings. The number of hydrogen-bond donors (Lipinski definition) is 0. The van der Waals surface area contributed by atoms with E-state index in [1.807, 2.05) is 72.8 Å². The molecule has 0 aliphatic carbocycles. The van der Waals surface area contributed by atoms with Crippen LogP contribution >= 0.6 is 15.9 Å². The fourth-order valence-electron chi connectivity index (χ4n) is 3.57. The van der Waals surface area contributed by atoms with Crippen molar-refractivity contribution in [3.63, 3.8) is 0 Å². The summed E-state index contributed by atoms with van der Waals surface area (Å²) in [6.07, 6.45) is 0. The quantitative estimate of drug-likeness (QED) is 0.331. The Hall–Kier alpha value is -3.24. The van der Waals surface area contributed by atoms with E-state index in [1.54, 1.807) is 4.57 Å². The van der Waals surface area contributed by atoms with Crippen molar-refractivity contribution >= 4 is 43.6 Å². The monoisotopic (exact) mass is 426 g/mol. The van der Waals surface area contributed by atoms with Crippen molar-refractivity contribution in [3.8, 4) is 11.4 Å². The molecule has 0 amide bonds. The number of fused-ring (bicyclic) bond motifs is 2. The van der Waals surface area contributed by atoms with Crippen LogP contribution in [0.25, 0.3) is 33.2 Å². The van der Waals surface area contributed by atoms with E-state index in [9.17, 15) is 4.79 Å². The minimum atomic E-state index is -0.0895. The molecule has 0 spiro atoms. The molecule has 134 valence electrons. The van der Waals surface area contributed by atoms with Crippen molar-refractivity contribution in [1.29, 1.82) is 0 Å². The number of carbonyl (C=O) groups excluding carboxylic acids is 1. The van der Waals surface area contributed by atoms with Crippen LogP contribution in [0.2, 0.25) is 0 Å². The average molecular weight is 427 g/mol. The highest BCUT2D eigenvalue weighted by Gasteiger charge is 2.20. The molecule has 0 atom stereocenters. The molecule has 4 aromatic carbocycles. The Labute approximate surface area is 170 Å². The Bertz CT molecular complexity index is 1330. The third-order valence-corrected chi connectivity index (χ3v) is 5.36. The van der Waals surface area contributed by atoms with Crippen LogP contribution in [0.4, 0.5) is 0 Å². The zero-order valence-corrected chi connectivity index (χ0v) is 16.4. The smallest absolute Gasteiger partial charge is 0.264 e. The van der Waals surface area contributed by atoms with Crippen LogP contribution in [-0.4, -0.2) is 15.5 Å². The summed E-state index contributed by atoms with van der Waals surface area (Å²) in [4.78, 5) is 18.3. The van der Waals surface area contributed by atoms with Crippen molar-refractivity contribution in [2.24, 2.45) is 0 Å². The lowest BCUT2D eigenvalue weighted by Crippen LogP contribution is -2.13. The maximum absolute atomic E-state index is 13.4. The summed E-state index contributed by atoms with van der Waals surface area (Å²) in [6, 6.07) is 29.4. The SMILES string of the molecule is O=C(c1ccccc1)n1c(-c2cccc3ccccc23)nc2cc(Br)ccc21. The van der Waals surface area contributed by atoms with Gasteiger partial charge < -0.3 is 0 Å². The molecule has 0 saturated carbocycles. The first kappa shape index (κ1) is 16.9. The molecule has 0 radical (unpaired) electrons. The van der Waals surface area contributed by atoms with Gasteiger partial charge >= 0.3 is 0 Å². The molecule has 1 heterocycles. The van der Waals surface area contributed by atoms with Crippen molar-refractivity contribution in [2.45, 2.75) is 0 Å². The summed E-state index contributed by atoms with van der Waals surface area (Å²) in [5, 5.41) is 2.19. The van der Waals surface area contributed by atoms with E-state index >= 15 is 0 Å². The summed E-state index contributed by atoms with van der Waals surface area (Å²) in [7, 11) is 0. The minimum absolute atomic E-state index is 0.0895. The number of halogens is 1. The zero-order chi connectivity index (χ0) is 19.1. The van der Waals surface area contributed by atoms with E-state index in [-0.39, 0.29) is 5.91 Å². The Balaban J connectivity index is 1.85. The van der Waals surface area contributed by atoms with Crippen LogP contribution in [0.15, 0.2) is 95.5 Å². The lowest BCUT2D eigenvalue weighted by molar-refractivity contribution is 0.0966. The van der Waals surface area contributed by atoms with Crippen molar-refractivity contribution in [2.75, 3.05) is 0 Å². The topological polar surface area (TPSA) is 34.9 Å². The molecule has 3 nitrogen and oxygen atoms in total. The van der Waals surface area contributed by atoms with E-state index in [1.165, 1.54) is 0 Å². The molecule has 0 saturated heterocycles. The van der Waals surface area contributed by atoms with E-state index in [2.05, 4.69) is 34.1 Å². The first-order valence-corrected chi connectivity index (χ1v) is 9.77. The molecule has 0 unspecified atom stereocenters. The lowest BCUT2D eigenvalue weighted by Gasteiger charge is -2.10. The highest BCUT2D eigenvalue weighted by molar-refractivity contribution is 9.10. The molecule has 0 N–H and O–H groups in total. The predicted molar refractivity (Wildman–Crippen MR) is 117 cm³/mol. The zero-order valence-electron chi connectivity index (χ0n) is 14.8. The van der Waals surface area contributed by atoms with Gasteiger partial charge in [0.15, 0.2) is 0 Å². The van der Waals surface area contributed by atoms with Crippen LogP contribution < -0.4 is 0 Å². The molecule has 0 aliphatic rings. The van der Waals surface area contributed by atoms with E-state index in [0.717, 1.165) is 31.8 Å². The van der Waals surface area contributed by atoms with Gasteiger partial charge in [-0.3, -0.25) is 9.36 Å². The molecule has 5 rings (SSSR count). The normalized spacial score (nSPS) is 11.2. The van der Waals surface area contributed by atoms with Crippen LogP contribution in [0.5, 0.6) is 0 Å².